The van der Waals surface area contributed by atoms with Crippen molar-refractivity contribution in [3.05, 3.63) is 11.9 Å². The summed E-state index contributed by atoms with van der Waals surface area (Å²) in [6, 6.07) is 1.73. The summed E-state index contributed by atoms with van der Waals surface area (Å²) in [5.74, 6) is 7.66. The maximum absolute atomic E-state index is 11.4. The number of rotatable bonds is 3. The highest BCUT2D eigenvalue weighted by molar-refractivity contribution is 7.91. The minimum Gasteiger partial charge on any atom is -0.354 e. The average Bonchev–Trinajstić information content (AvgIpc) is 2.38. The van der Waals surface area contributed by atoms with E-state index in [-0.39, 0.29) is 11.5 Å². The average molecular weight is 271 g/mol. The van der Waals surface area contributed by atoms with Crippen molar-refractivity contribution in [2.45, 2.75) is 13.3 Å². The molecule has 2 rings (SSSR count). The third-order valence-electron chi connectivity index (χ3n) is 2.89. The Kier molecular flexibility index (Phi) is 3.67. The molecule has 1 aliphatic rings. The fourth-order valence-electron chi connectivity index (χ4n) is 1.82. The van der Waals surface area contributed by atoms with Crippen molar-refractivity contribution >= 4 is 21.5 Å². The van der Waals surface area contributed by atoms with E-state index in [1.807, 2.05) is 11.8 Å². The largest absolute Gasteiger partial charge is 0.354 e. The van der Waals surface area contributed by atoms with Crippen LogP contribution in [0.15, 0.2) is 6.07 Å². The van der Waals surface area contributed by atoms with Crippen molar-refractivity contribution in [1.82, 2.24) is 9.97 Å². The summed E-state index contributed by atoms with van der Waals surface area (Å²) in [5.41, 5.74) is 2.50. The lowest BCUT2D eigenvalue weighted by molar-refractivity contribution is 0.586. The van der Waals surface area contributed by atoms with Gasteiger partial charge in [0, 0.05) is 25.6 Å². The smallest absolute Gasteiger partial charge is 0.153 e. The first-order valence-corrected chi connectivity index (χ1v) is 7.66. The van der Waals surface area contributed by atoms with Gasteiger partial charge in [-0.2, -0.15) is 0 Å². The standard InChI is InChI=1S/C10H17N5O2S/c1-2-8-12-9(14-11)7-10(13-8)15-3-5-18(16,17)6-4-15/h7H,2-6,11H2,1H3,(H,12,13,14). The number of aromatic nitrogens is 2. The van der Waals surface area contributed by atoms with Gasteiger partial charge in [-0.3, -0.25) is 0 Å². The summed E-state index contributed by atoms with van der Waals surface area (Å²) in [4.78, 5) is 10.5. The van der Waals surface area contributed by atoms with E-state index in [2.05, 4.69) is 15.4 Å². The summed E-state index contributed by atoms with van der Waals surface area (Å²) in [6.07, 6.45) is 0.703. The second-order valence-corrected chi connectivity index (χ2v) is 6.47. The van der Waals surface area contributed by atoms with Crippen molar-refractivity contribution in [3.63, 3.8) is 0 Å². The summed E-state index contributed by atoms with van der Waals surface area (Å²) in [5, 5.41) is 0. The summed E-state index contributed by atoms with van der Waals surface area (Å²) in [7, 11) is -2.88. The molecule has 1 saturated heterocycles. The van der Waals surface area contributed by atoms with E-state index in [0.717, 1.165) is 5.82 Å². The fraction of sp³-hybridized carbons (Fsp3) is 0.600. The van der Waals surface area contributed by atoms with Gasteiger partial charge in [0.15, 0.2) is 9.84 Å². The van der Waals surface area contributed by atoms with Crippen molar-refractivity contribution < 1.29 is 8.42 Å². The lowest BCUT2D eigenvalue weighted by atomic mass is 10.4. The number of anilines is 2. The summed E-state index contributed by atoms with van der Waals surface area (Å²) < 4.78 is 22.8. The van der Waals surface area contributed by atoms with Crippen LogP contribution in [0.2, 0.25) is 0 Å². The molecule has 8 heteroatoms. The van der Waals surface area contributed by atoms with E-state index in [4.69, 9.17) is 5.84 Å². The van der Waals surface area contributed by atoms with Gasteiger partial charge in [-0.15, -0.1) is 0 Å². The number of sulfone groups is 1. The van der Waals surface area contributed by atoms with Crippen molar-refractivity contribution in [1.29, 1.82) is 0 Å². The molecule has 0 amide bonds. The van der Waals surface area contributed by atoms with Crippen LogP contribution in [0, 0.1) is 0 Å². The molecule has 7 nitrogen and oxygen atoms in total. The number of nitrogens with one attached hydrogen (secondary N) is 1. The van der Waals surface area contributed by atoms with Crippen LogP contribution < -0.4 is 16.2 Å². The van der Waals surface area contributed by atoms with Crippen LogP contribution in [0.25, 0.3) is 0 Å². The van der Waals surface area contributed by atoms with Gasteiger partial charge in [0.25, 0.3) is 0 Å². The minimum absolute atomic E-state index is 0.170. The Morgan fingerprint density at radius 2 is 2.06 bits per heavy atom. The molecule has 0 aromatic carbocycles. The maximum atomic E-state index is 11.4. The van der Waals surface area contributed by atoms with Gasteiger partial charge in [0.2, 0.25) is 0 Å². The molecule has 18 heavy (non-hydrogen) atoms. The summed E-state index contributed by atoms with van der Waals surface area (Å²) in [6.45, 7) is 2.89. The number of nitrogen functional groups attached to an aromatic ring is 1. The third kappa shape index (κ3) is 2.88. The van der Waals surface area contributed by atoms with Gasteiger partial charge >= 0.3 is 0 Å². The highest BCUT2D eigenvalue weighted by atomic mass is 32.2. The van der Waals surface area contributed by atoms with Crippen LogP contribution >= 0.6 is 0 Å². The minimum atomic E-state index is -2.88. The molecule has 0 atom stereocenters. The molecule has 2 heterocycles. The molecule has 1 aromatic heterocycles. The maximum Gasteiger partial charge on any atom is 0.153 e. The van der Waals surface area contributed by atoms with Gasteiger partial charge in [0.05, 0.1) is 11.5 Å². The second-order valence-electron chi connectivity index (χ2n) is 4.16. The molecule has 0 spiro atoms. The topological polar surface area (TPSA) is 101 Å². The quantitative estimate of drug-likeness (QED) is 0.567. The van der Waals surface area contributed by atoms with E-state index in [1.165, 1.54) is 0 Å². The first kappa shape index (κ1) is 13.0. The monoisotopic (exact) mass is 271 g/mol. The molecule has 0 saturated carbocycles. The lowest BCUT2D eigenvalue weighted by Crippen LogP contribution is -2.40. The number of hydrogen-bond donors (Lipinski definition) is 2. The normalized spacial score (nSPS) is 18.7. The highest BCUT2D eigenvalue weighted by Crippen LogP contribution is 2.18. The highest BCUT2D eigenvalue weighted by Gasteiger charge is 2.23. The molecular formula is C10H17N5O2S. The number of aryl methyl sites for hydroxylation is 1. The Morgan fingerprint density at radius 1 is 1.39 bits per heavy atom. The van der Waals surface area contributed by atoms with Crippen molar-refractivity contribution in [2.24, 2.45) is 5.84 Å². The molecule has 0 bridgehead atoms. The molecule has 0 aliphatic carbocycles. The number of nitrogens with zero attached hydrogens (tertiary/aromatic N) is 3. The number of hydrazine groups is 1. The Hall–Kier alpha value is -1.41. The van der Waals surface area contributed by atoms with Crippen LogP contribution in [-0.4, -0.2) is 43.0 Å². The third-order valence-corrected chi connectivity index (χ3v) is 4.50. The molecular weight excluding hydrogens is 254 g/mol. The first-order chi connectivity index (χ1) is 8.54. The van der Waals surface area contributed by atoms with Crippen molar-refractivity contribution in [2.75, 3.05) is 34.9 Å². The number of nitrogens with two attached hydrogens (primary N) is 1. The van der Waals surface area contributed by atoms with Crippen LogP contribution in [-0.2, 0) is 16.3 Å². The van der Waals surface area contributed by atoms with Crippen LogP contribution in [0.4, 0.5) is 11.6 Å². The molecule has 1 fully saturated rings. The van der Waals surface area contributed by atoms with Gasteiger partial charge in [-0.1, -0.05) is 6.92 Å². The van der Waals surface area contributed by atoms with E-state index in [9.17, 15) is 8.42 Å². The molecule has 0 radical (unpaired) electrons. The van der Waals surface area contributed by atoms with Gasteiger partial charge in [-0.25, -0.2) is 24.2 Å². The van der Waals surface area contributed by atoms with Crippen LogP contribution in [0.1, 0.15) is 12.7 Å². The Labute approximate surface area is 106 Å². The lowest BCUT2D eigenvalue weighted by Gasteiger charge is -2.28. The van der Waals surface area contributed by atoms with Gasteiger partial charge in [-0.05, 0) is 0 Å². The van der Waals surface area contributed by atoms with Gasteiger partial charge < -0.3 is 10.3 Å². The fourth-order valence-corrected chi connectivity index (χ4v) is 3.02. The summed E-state index contributed by atoms with van der Waals surface area (Å²) >= 11 is 0. The van der Waals surface area contributed by atoms with E-state index >= 15 is 0 Å². The zero-order chi connectivity index (χ0) is 13.2. The number of hydrogen-bond acceptors (Lipinski definition) is 7. The zero-order valence-corrected chi connectivity index (χ0v) is 11.1. The Morgan fingerprint density at radius 3 is 2.61 bits per heavy atom. The SMILES string of the molecule is CCc1nc(NN)cc(N2CCS(=O)(=O)CC2)n1. The zero-order valence-electron chi connectivity index (χ0n) is 10.3. The van der Waals surface area contributed by atoms with Crippen molar-refractivity contribution in [3.8, 4) is 0 Å². The van der Waals surface area contributed by atoms with Crippen LogP contribution in [0.5, 0.6) is 0 Å². The predicted octanol–water partition coefficient (Wildman–Crippen LogP) is -0.441. The molecule has 1 aromatic rings. The predicted molar refractivity (Wildman–Crippen MR) is 70.1 cm³/mol. The Bertz CT molecular complexity index is 495. The van der Waals surface area contributed by atoms with Gasteiger partial charge in [0.1, 0.15) is 17.5 Å². The first-order valence-electron chi connectivity index (χ1n) is 5.84. The molecule has 3 N–H and O–H groups in total. The van der Waals surface area contributed by atoms with E-state index in [0.29, 0.717) is 31.2 Å². The second kappa shape index (κ2) is 5.07. The van der Waals surface area contributed by atoms with Crippen LogP contribution in [0.3, 0.4) is 0 Å². The molecule has 100 valence electrons. The van der Waals surface area contributed by atoms with E-state index in [1.54, 1.807) is 6.07 Å². The molecule has 0 unspecified atom stereocenters. The van der Waals surface area contributed by atoms with E-state index < -0.39 is 9.84 Å². The molecule has 1 aliphatic heterocycles. The Balaban J connectivity index is 2.23.